The SMILES string of the molecule is NNC(=O)CC[C@@H]([NH3+])C(=O)[O-]. The van der Waals surface area contributed by atoms with Crippen molar-refractivity contribution >= 4 is 11.9 Å². The van der Waals surface area contributed by atoms with Crippen LogP contribution in [0.3, 0.4) is 0 Å². The number of amides is 1. The first-order valence-electron chi connectivity index (χ1n) is 3.11. The molecule has 0 heterocycles. The van der Waals surface area contributed by atoms with Crippen molar-refractivity contribution < 1.29 is 20.4 Å². The zero-order valence-electron chi connectivity index (χ0n) is 6.00. The number of carbonyl (C=O) groups is 2. The molecule has 0 saturated carbocycles. The van der Waals surface area contributed by atoms with E-state index in [-0.39, 0.29) is 12.8 Å². The minimum atomic E-state index is -1.25. The second kappa shape index (κ2) is 4.64. The molecule has 0 aliphatic carbocycles. The highest BCUT2D eigenvalue weighted by Crippen LogP contribution is 1.90. The minimum absolute atomic E-state index is 0.0542. The van der Waals surface area contributed by atoms with Gasteiger partial charge in [0.05, 0.1) is 5.97 Å². The van der Waals surface area contributed by atoms with Crippen molar-refractivity contribution in [3.05, 3.63) is 0 Å². The van der Waals surface area contributed by atoms with Crippen LogP contribution in [0.15, 0.2) is 0 Å². The molecule has 64 valence electrons. The van der Waals surface area contributed by atoms with Gasteiger partial charge in [0, 0.05) is 12.8 Å². The van der Waals surface area contributed by atoms with Crippen LogP contribution < -0.4 is 22.1 Å². The maximum Gasteiger partial charge on any atom is 0.234 e. The number of rotatable bonds is 4. The highest BCUT2D eigenvalue weighted by atomic mass is 16.4. The predicted octanol–water partition coefficient (Wildman–Crippen LogP) is -3.88. The maximum absolute atomic E-state index is 10.5. The largest absolute Gasteiger partial charge is 0.544 e. The normalized spacial score (nSPS) is 12.2. The third-order valence-electron chi connectivity index (χ3n) is 1.21. The van der Waals surface area contributed by atoms with Gasteiger partial charge in [0.2, 0.25) is 5.91 Å². The molecule has 0 spiro atoms. The van der Waals surface area contributed by atoms with E-state index in [4.69, 9.17) is 5.84 Å². The molecule has 6 heteroatoms. The van der Waals surface area contributed by atoms with Gasteiger partial charge in [-0.15, -0.1) is 0 Å². The molecule has 0 rings (SSSR count). The molecule has 0 saturated heterocycles. The number of aliphatic carboxylic acids is 1. The fraction of sp³-hybridized carbons (Fsp3) is 0.600. The Kier molecular flexibility index (Phi) is 4.16. The summed E-state index contributed by atoms with van der Waals surface area (Å²) in [6, 6.07) is -0.854. The third-order valence-corrected chi connectivity index (χ3v) is 1.21. The molecule has 6 N–H and O–H groups in total. The van der Waals surface area contributed by atoms with Crippen molar-refractivity contribution in [2.75, 3.05) is 0 Å². The van der Waals surface area contributed by atoms with Crippen LogP contribution in [-0.4, -0.2) is 17.9 Å². The van der Waals surface area contributed by atoms with Crippen LogP contribution in [0, 0.1) is 0 Å². The van der Waals surface area contributed by atoms with Crippen molar-refractivity contribution in [2.24, 2.45) is 5.84 Å². The molecule has 0 unspecified atom stereocenters. The lowest BCUT2D eigenvalue weighted by atomic mass is 10.2. The molecule has 0 radical (unpaired) electrons. The summed E-state index contributed by atoms with van der Waals surface area (Å²) >= 11 is 0. The van der Waals surface area contributed by atoms with Gasteiger partial charge in [0.1, 0.15) is 6.04 Å². The van der Waals surface area contributed by atoms with Gasteiger partial charge in [0.15, 0.2) is 0 Å². The Morgan fingerprint density at radius 3 is 2.55 bits per heavy atom. The number of hydrogen-bond acceptors (Lipinski definition) is 4. The third kappa shape index (κ3) is 4.29. The zero-order chi connectivity index (χ0) is 8.85. The van der Waals surface area contributed by atoms with Crippen LogP contribution in [0.4, 0.5) is 0 Å². The van der Waals surface area contributed by atoms with Gasteiger partial charge in [-0.05, 0) is 0 Å². The number of hydrogen-bond donors (Lipinski definition) is 3. The highest BCUT2D eigenvalue weighted by Gasteiger charge is 2.09. The van der Waals surface area contributed by atoms with Crippen LogP contribution in [0.2, 0.25) is 0 Å². The highest BCUT2D eigenvalue weighted by molar-refractivity contribution is 5.76. The number of carboxylic acid groups (broad SMARTS) is 1. The molecule has 1 atom stereocenters. The average molecular weight is 161 g/mol. The van der Waals surface area contributed by atoms with E-state index >= 15 is 0 Å². The summed E-state index contributed by atoms with van der Waals surface area (Å²) in [5.74, 6) is 3.09. The summed E-state index contributed by atoms with van der Waals surface area (Å²) in [5, 5.41) is 10.1. The van der Waals surface area contributed by atoms with E-state index in [9.17, 15) is 14.7 Å². The molecule has 0 aromatic carbocycles. The smallest absolute Gasteiger partial charge is 0.234 e. The Bertz CT molecular complexity index is 159. The Balaban J connectivity index is 3.54. The monoisotopic (exact) mass is 161 g/mol. The lowest BCUT2D eigenvalue weighted by molar-refractivity contribution is -0.438. The molecular formula is C5H11N3O3. The first-order chi connectivity index (χ1) is 5.07. The van der Waals surface area contributed by atoms with Crippen LogP contribution in [0.25, 0.3) is 0 Å². The van der Waals surface area contributed by atoms with Crippen LogP contribution in [0.5, 0.6) is 0 Å². The Morgan fingerprint density at radius 1 is 1.64 bits per heavy atom. The minimum Gasteiger partial charge on any atom is -0.544 e. The molecule has 11 heavy (non-hydrogen) atoms. The maximum atomic E-state index is 10.5. The molecule has 0 fully saturated rings. The number of hydrazine groups is 1. The van der Waals surface area contributed by atoms with Gasteiger partial charge >= 0.3 is 0 Å². The molecule has 0 aliphatic rings. The van der Waals surface area contributed by atoms with Gasteiger partial charge in [-0.2, -0.15) is 0 Å². The molecule has 0 aliphatic heterocycles. The van der Waals surface area contributed by atoms with Gasteiger partial charge in [-0.3, -0.25) is 10.2 Å². The molecule has 0 bridgehead atoms. The lowest BCUT2D eigenvalue weighted by Crippen LogP contribution is -2.68. The fourth-order valence-corrected chi connectivity index (χ4v) is 0.495. The topological polar surface area (TPSA) is 123 Å². The second-order valence-corrected chi connectivity index (χ2v) is 2.12. The van der Waals surface area contributed by atoms with E-state index in [0.717, 1.165) is 0 Å². The Morgan fingerprint density at radius 2 is 2.18 bits per heavy atom. The van der Waals surface area contributed by atoms with Gasteiger partial charge < -0.3 is 15.6 Å². The van der Waals surface area contributed by atoms with E-state index in [1.807, 2.05) is 5.43 Å². The molecule has 0 aromatic heterocycles. The van der Waals surface area contributed by atoms with E-state index in [1.54, 1.807) is 0 Å². The first kappa shape index (κ1) is 9.86. The number of nitrogens with two attached hydrogens (primary N) is 1. The summed E-state index contributed by atoms with van der Waals surface area (Å²) in [5.41, 5.74) is 5.14. The van der Waals surface area contributed by atoms with E-state index in [0.29, 0.717) is 0 Å². The second-order valence-electron chi connectivity index (χ2n) is 2.12. The summed E-state index contributed by atoms with van der Waals surface area (Å²) in [6.45, 7) is 0. The van der Waals surface area contributed by atoms with Gasteiger partial charge in [-0.25, -0.2) is 5.84 Å². The fourth-order valence-electron chi connectivity index (χ4n) is 0.495. The van der Waals surface area contributed by atoms with Gasteiger partial charge in [-0.1, -0.05) is 0 Å². The summed E-state index contributed by atoms with van der Waals surface area (Å²) < 4.78 is 0. The number of quaternary nitrogens is 1. The lowest BCUT2D eigenvalue weighted by Gasteiger charge is -2.07. The van der Waals surface area contributed by atoms with E-state index in [2.05, 4.69) is 5.73 Å². The molecule has 0 aromatic rings. The zero-order valence-corrected chi connectivity index (χ0v) is 6.00. The van der Waals surface area contributed by atoms with Crippen LogP contribution >= 0.6 is 0 Å². The Hall–Kier alpha value is -1.14. The average Bonchev–Trinajstić information content (AvgIpc) is 1.99. The number of carbonyl (C=O) groups excluding carboxylic acids is 2. The number of nitrogens with one attached hydrogen (secondary N) is 1. The molecular weight excluding hydrogens is 150 g/mol. The standard InChI is InChI=1S/C5H11N3O3/c6-3(5(10)11)1-2-4(9)8-7/h3H,1-2,6-7H2,(H,8,9)(H,10,11)/t3-/m1/s1. The summed E-state index contributed by atoms with van der Waals surface area (Å²) in [4.78, 5) is 20.5. The van der Waals surface area contributed by atoms with Gasteiger partial charge in [0.25, 0.3) is 0 Å². The van der Waals surface area contributed by atoms with E-state index in [1.165, 1.54) is 0 Å². The van der Waals surface area contributed by atoms with Crippen molar-refractivity contribution in [1.29, 1.82) is 0 Å². The molecule has 1 amide bonds. The summed E-state index contributed by atoms with van der Waals surface area (Å²) in [6.07, 6.45) is 0.198. The van der Waals surface area contributed by atoms with E-state index < -0.39 is 17.9 Å². The van der Waals surface area contributed by atoms with Crippen molar-refractivity contribution in [2.45, 2.75) is 18.9 Å². The van der Waals surface area contributed by atoms with Crippen molar-refractivity contribution in [3.8, 4) is 0 Å². The Labute approximate surface area is 63.5 Å². The predicted molar refractivity (Wildman–Crippen MR) is 33.2 cm³/mol. The quantitative estimate of drug-likeness (QED) is 0.221. The van der Waals surface area contributed by atoms with Crippen molar-refractivity contribution in [1.82, 2.24) is 5.43 Å². The van der Waals surface area contributed by atoms with Crippen LogP contribution in [0.1, 0.15) is 12.8 Å². The first-order valence-corrected chi connectivity index (χ1v) is 3.11. The number of carboxylic acids is 1. The van der Waals surface area contributed by atoms with Crippen LogP contribution in [-0.2, 0) is 9.59 Å². The van der Waals surface area contributed by atoms with Crippen molar-refractivity contribution in [3.63, 3.8) is 0 Å². The molecule has 6 nitrogen and oxygen atoms in total. The summed E-state index contributed by atoms with van der Waals surface area (Å²) in [7, 11) is 0.